The van der Waals surface area contributed by atoms with Gasteiger partial charge >= 0.3 is 0 Å². The Balaban J connectivity index is 3.02. The van der Waals surface area contributed by atoms with Crippen LogP contribution in [0.5, 0.6) is 0 Å². The highest BCUT2D eigenvalue weighted by molar-refractivity contribution is 7.90. The lowest BCUT2D eigenvalue weighted by molar-refractivity contribution is 0.494. The Kier molecular flexibility index (Phi) is 3.84. The monoisotopic (exact) mass is 268 g/mol. The first-order valence-electron chi connectivity index (χ1n) is 5.24. The molecule has 0 aromatic heterocycles. The summed E-state index contributed by atoms with van der Waals surface area (Å²) in [6.07, 6.45) is 0. The highest BCUT2D eigenvalue weighted by Gasteiger charge is 2.20. The van der Waals surface area contributed by atoms with Crippen molar-refractivity contribution < 1.29 is 8.42 Å². The van der Waals surface area contributed by atoms with Crippen molar-refractivity contribution in [3.05, 3.63) is 23.8 Å². The molecule has 0 aliphatic carbocycles. The van der Waals surface area contributed by atoms with Gasteiger partial charge in [-0.2, -0.15) is 18.4 Å². The number of hydrogen-bond donors (Lipinski definition) is 3. The highest BCUT2D eigenvalue weighted by atomic mass is 32.2. The van der Waals surface area contributed by atoms with Crippen LogP contribution < -0.4 is 15.2 Å². The Bertz CT molecular complexity index is 582. The summed E-state index contributed by atoms with van der Waals surface area (Å²) in [5, 5.41) is 8.91. The van der Waals surface area contributed by atoms with E-state index in [9.17, 15) is 8.42 Å². The Morgan fingerprint density at radius 3 is 2.44 bits per heavy atom. The lowest BCUT2D eigenvalue weighted by Crippen LogP contribution is -2.43. The van der Waals surface area contributed by atoms with Crippen molar-refractivity contribution >= 4 is 21.6 Å². The summed E-state index contributed by atoms with van der Waals surface area (Å²) in [4.78, 5) is 0. The van der Waals surface area contributed by atoms with E-state index in [2.05, 4.69) is 9.44 Å². The van der Waals surface area contributed by atoms with Crippen molar-refractivity contribution in [2.45, 2.75) is 26.3 Å². The predicted octanol–water partition coefficient (Wildman–Crippen LogP) is 1.19. The molecule has 1 aromatic carbocycles. The maximum Gasteiger partial charge on any atom is 0.299 e. The smallest absolute Gasteiger partial charge is 0.299 e. The summed E-state index contributed by atoms with van der Waals surface area (Å²) in [6, 6.07) is 6.28. The van der Waals surface area contributed by atoms with Gasteiger partial charge in [-0.1, -0.05) is 0 Å². The minimum atomic E-state index is -3.73. The van der Waals surface area contributed by atoms with E-state index >= 15 is 0 Å². The highest BCUT2D eigenvalue weighted by Crippen LogP contribution is 2.19. The summed E-state index contributed by atoms with van der Waals surface area (Å²) in [5.74, 6) is 0. The molecule has 1 rings (SSSR count). The van der Waals surface area contributed by atoms with Gasteiger partial charge in [0.05, 0.1) is 11.3 Å². The Morgan fingerprint density at radius 1 is 1.33 bits per heavy atom. The molecular weight excluding hydrogens is 252 g/mol. The quantitative estimate of drug-likeness (QED) is 0.715. The lowest BCUT2D eigenvalue weighted by atomic mass is 10.1. The van der Waals surface area contributed by atoms with Gasteiger partial charge < -0.3 is 5.73 Å². The topological polar surface area (TPSA) is 108 Å². The third-order valence-corrected chi connectivity index (χ3v) is 3.22. The maximum absolute atomic E-state index is 11.8. The molecule has 0 aliphatic heterocycles. The van der Waals surface area contributed by atoms with Gasteiger partial charge in [-0.05, 0) is 39.0 Å². The number of benzene rings is 1. The molecule has 0 radical (unpaired) electrons. The zero-order chi connectivity index (χ0) is 14.0. The van der Waals surface area contributed by atoms with Gasteiger partial charge in [0.15, 0.2) is 0 Å². The van der Waals surface area contributed by atoms with Crippen molar-refractivity contribution in [3.8, 4) is 6.07 Å². The second kappa shape index (κ2) is 4.84. The van der Waals surface area contributed by atoms with Crippen LogP contribution in [0.4, 0.5) is 11.4 Å². The lowest BCUT2D eigenvalue weighted by Gasteiger charge is -2.21. The van der Waals surface area contributed by atoms with Gasteiger partial charge in [0.1, 0.15) is 6.07 Å². The number of nitrogens with zero attached hydrogens (tertiary/aromatic N) is 1. The van der Waals surface area contributed by atoms with Crippen molar-refractivity contribution in [1.29, 1.82) is 5.26 Å². The van der Waals surface area contributed by atoms with E-state index in [1.54, 1.807) is 20.8 Å². The van der Waals surface area contributed by atoms with Crippen LogP contribution in [0.3, 0.4) is 0 Å². The third kappa shape index (κ3) is 4.24. The van der Waals surface area contributed by atoms with Crippen molar-refractivity contribution in [3.63, 3.8) is 0 Å². The molecule has 6 nitrogen and oxygen atoms in total. The predicted molar refractivity (Wildman–Crippen MR) is 71.0 cm³/mol. The van der Waals surface area contributed by atoms with Crippen LogP contribution in [0.2, 0.25) is 0 Å². The molecule has 0 saturated carbocycles. The number of nitrogens with two attached hydrogens (primary N) is 1. The van der Waals surface area contributed by atoms with E-state index in [0.717, 1.165) is 0 Å². The van der Waals surface area contributed by atoms with Crippen LogP contribution in [-0.4, -0.2) is 14.0 Å². The van der Waals surface area contributed by atoms with Crippen LogP contribution in [0, 0.1) is 11.3 Å². The van der Waals surface area contributed by atoms with E-state index in [4.69, 9.17) is 11.0 Å². The van der Waals surface area contributed by atoms with Gasteiger partial charge in [0.25, 0.3) is 10.2 Å². The number of nitriles is 1. The number of rotatable bonds is 3. The number of nitrogen functional groups attached to an aromatic ring is 1. The zero-order valence-corrected chi connectivity index (χ0v) is 11.3. The molecule has 0 unspecified atom stereocenters. The maximum atomic E-state index is 11.8. The van der Waals surface area contributed by atoms with Crippen molar-refractivity contribution in [2.24, 2.45) is 0 Å². The van der Waals surface area contributed by atoms with E-state index < -0.39 is 15.7 Å². The van der Waals surface area contributed by atoms with Crippen LogP contribution in [-0.2, 0) is 10.2 Å². The van der Waals surface area contributed by atoms with Crippen LogP contribution in [0.15, 0.2) is 18.2 Å². The van der Waals surface area contributed by atoms with Crippen LogP contribution in [0.1, 0.15) is 26.3 Å². The largest absolute Gasteiger partial charge is 0.399 e. The molecular formula is C11H16N4O2S. The Morgan fingerprint density at radius 2 is 1.94 bits per heavy atom. The Labute approximate surface area is 107 Å². The van der Waals surface area contributed by atoms with Crippen LogP contribution in [0.25, 0.3) is 0 Å². The molecule has 0 fully saturated rings. The second-order valence-corrected chi connectivity index (χ2v) is 6.29. The number of anilines is 2. The van der Waals surface area contributed by atoms with E-state index in [0.29, 0.717) is 5.69 Å². The first-order chi connectivity index (χ1) is 8.13. The molecule has 0 heterocycles. The van der Waals surface area contributed by atoms with Gasteiger partial charge in [0, 0.05) is 11.2 Å². The van der Waals surface area contributed by atoms with Gasteiger partial charge in [-0.25, -0.2) is 0 Å². The molecule has 0 atom stereocenters. The van der Waals surface area contributed by atoms with E-state index in [1.165, 1.54) is 18.2 Å². The molecule has 0 bridgehead atoms. The number of hydrogen-bond acceptors (Lipinski definition) is 4. The molecule has 0 amide bonds. The van der Waals surface area contributed by atoms with E-state index in [1.807, 2.05) is 6.07 Å². The van der Waals surface area contributed by atoms with E-state index in [-0.39, 0.29) is 11.3 Å². The summed E-state index contributed by atoms with van der Waals surface area (Å²) >= 11 is 0. The summed E-state index contributed by atoms with van der Waals surface area (Å²) in [6.45, 7) is 5.17. The average molecular weight is 268 g/mol. The fourth-order valence-corrected chi connectivity index (χ4v) is 2.64. The summed E-state index contributed by atoms with van der Waals surface area (Å²) in [5.41, 5.74) is 5.69. The van der Waals surface area contributed by atoms with Gasteiger partial charge in [-0.3, -0.25) is 4.72 Å². The Hall–Kier alpha value is -1.78. The second-order valence-electron chi connectivity index (χ2n) is 4.87. The molecule has 98 valence electrons. The molecule has 0 spiro atoms. The third-order valence-electron chi connectivity index (χ3n) is 1.85. The SMILES string of the molecule is CC(C)(C)NS(=O)(=O)Nc1ccc(N)cc1C#N. The minimum Gasteiger partial charge on any atom is -0.399 e. The molecule has 0 aliphatic rings. The molecule has 1 aromatic rings. The molecule has 0 saturated heterocycles. The standard InChI is InChI=1S/C11H16N4O2S/c1-11(2,3)15-18(16,17)14-10-5-4-9(13)6-8(10)7-12/h4-6,14-15H,13H2,1-3H3. The fraction of sp³-hybridized carbons (Fsp3) is 0.364. The van der Waals surface area contributed by atoms with Gasteiger partial charge in [-0.15, -0.1) is 0 Å². The first-order valence-corrected chi connectivity index (χ1v) is 6.73. The molecule has 4 N–H and O–H groups in total. The summed E-state index contributed by atoms with van der Waals surface area (Å²) < 4.78 is 28.3. The number of nitrogens with one attached hydrogen (secondary N) is 2. The van der Waals surface area contributed by atoms with Crippen molar-refractivity contribution in [2.75, 3.05) is 10.5 Å². The molecule has 7 heteroatoms. The van der Waals surface area contributed by atoms with Crippen LogP contribution >= 0.6 is 0 Å². The molecule has 18 heavy (non-hydrogen) atoms. The first kappa shape index (κ1) is 14.3. The fourth-order valence-electron chi connectivity index (χ4n) is 1.32. The minimum absolute atomic E-state index is 0.175. The normalized spacial score (nSPS) is 11.9. The summed E-state index contributed by atoms with van der Waals surface area (Å²) in [7, 11) is -3.73. The average Bonchev–Trinajstić information content (AvgIpc) is 2.16. The van der Waals surface area contributed by atoms with Gasteiger partial charge in [0.2, 0.25) is 0 Å². The zero-order valence-electron chi connectivity index (χ0n) is 10.5. The van der Waals surface area contributed by atoms with Crippen molar-refractivity contribution in [1.82, 2.24) is 4.72 Å².